The molecule has 1 aromatic carbocycles. The van der Waals surface area contributed by atoms with E-state index in [-0.39, 0.29) is 12.9 Å². The van der Waals surface area contributed by atoms with Gasteiger partial charge in [-0.05, 0) is 24.1 Å². The summed E-state index contributed by atoms with van der Waals surface area (Å²) >= 11 is 0. The minimum absolute atomic E-state index is 0.192. The Balaban J connectivity index is 2.18. The monoisotopic (exact) mass is 310 g/mol. The quantitative estimate of drug-likeness (QED) is 0.365. The first kappa shape index (κ1) is 18.6. The molecule has 1 aromatic rings. The topological polar surface area (TPSA) is 57.2 Å². The highest BCUT2D eigenvalue weighted by Crippen LogP contribution is 2.12. The molecule has 0 spiro atoms. The van der Waals surface area contributed by atoms with Crippen LogP contribution in [0.5, 0.6) is 5.75 Å². The van der Waals surface area contributed by atoms with E-state index >= 15 is 0 Å². The SMILES string of the molecule is C=C[C@H](C[C@@H](O)CCOCc1ccc(OC)cc1)OCOC. The molecule has 0 aliphatic heterocycles. The Hall–Kier alpha value is -1.40. The molecule has 0 aliphatic carbocycles. The van der Waals surface area contributed by atoms with E-state index in [9.17, 15) is 5.11 Å². The molecule has 22 heavy (non-hydrogen) atoms. The Labute approximate surface area is 132 Å². The van der Waals surface area contributed by atoms with Crippen LogP contribution in [0.25, 0.3) is 0 Å². The molecule has 5 nitrogen and oxygen atoms in total. The zero-order chi connectivity index (χ0) is 16.2. The lowest BCUT2D eigenvalue weighted by atomic mass is 10.1. The Morgan fingerprint density at radius 3 is 2.55 bits per heavy atom. The van der Waals surface area contributed by atoms with Crippen molar-refractivity contribution in [3.63, 3.8) is 0 Å². The number of hydrogen-bond acceptors (Lipinski definition) is 5. The average Bonchev–Trinajstić information content (AvgIpc) is 2.56. The second-order valence-electron chi connectivity index (χ2n) is 4.93. The van der Waals surface area contributed by atoms with Gasteiger partial charge in [0.05, 0.1) is 25.9 Å². The Bertz CT molecular complexity index is 404. The molecule has 0 fully saturated rings. The molecule has 0 amide bonds. The number of methoxy groups -OCH3 is 2. The van der Waals surface area contributed by atoms with Crippen LogP contribution < -0.4 is 4.74 Å². The average molecular weight is 310 g/mol. The van der Waals surface area contributed by atoms with Gasteiger partial charge in [0.25, 0.3) is 0 Å². The second kappa shape index (κ2) is 11.2. The van der Waals surface area contributed by atoms with Crippen molar-refractivity contribution in [3.05, 3.63) is 42.5 Å². The number of hydrogen-bond donors (Lipinski definition) is 1. The molecule has 0 aliphatic rings. The molecule has 0 heterocycles. The molecule has 0 radical (unpaired) electrons. The van der Waals surface area contributed by atoms with Crippen LogP contribution in [0.15, 0.2) is 36.9 Å². The van der Waals surface area contributed by atoms with Gasteiger partial charge < -0.3 is 24.1 Å². The third-order valence-electron chi connectivity index (χ3n) is 3.19. The minimum Gasteiger partial charge on any atom is -0.497 e. The van der Waals surface area contributed by atoms with Crippen LogP contribution in [0.3, 0.4) is 0 Å². The van der Waals surface area contributed by atoms with Crippen molar-refractivity contribution in [2.45, 2.75) is 31.7 Å². The number of ether oxygens (including phenoxy) is 4. The van der Waals surface area contributed by atoms with Crippen molar-refractivity contribution in [2.75, 3.05) is 27.6 Å². The van der Waals surface area contributed by atoms with Gasteiger partial charge in [-0.3, -0.25) is 0 Å². The summed E-state index contributed by atoms with van der Waals surface area (Å²) in [5.41, 5.74) is 1.07. The zero-order valence-electron chi connectivity index (χ0n) is 13.4. The van der Waals surface area contributed by atoms with Crippen LogP contribution in [0.1, 0.15) is 18.4 Å². The van der Waals surface area contributed by atoms with E-state index in [2.05, 4.69) is 6.58 Å². The number of aliphatic hydroxyl groups excluding tert-OH is 1. The van der Waals surface area contributed by atoms with Gasteiger partial charge in [0.2, 0.25) is 0 Å². The molecule has 1 N–H and O–H groups in total. The Morgan fingerprint density at radius 2 is 1.95 bits per heavy atom. The Morgan fingerprint density at radius 1 is 1.23 bits per heavy atom. The fourth-order valence-electron chi connectivity index (χ4n) is 1.90. The van der Waals surface area contributed by atoms with Gasteiger partial charge in [-0.2, -0.15) is 0 Å². The lowest BCUT2D eigenvalue weighted by Gasteiger charge is -2.17. The van der Waals surface area contributed by atoms with E-state index < -0.39 is 6.10 Å². The van der Waals surface area contributed by atoms with E-state index in [0.29, 0.717) is 26.1 Å². The van der Waals surface area contributed by atoms with Gasteiger partial charge in [-0.25, -0.2) is 0 Å². The maximum atomic E-state index is 9.95. The lowest BCUT2D eigenvalue weighted by Crippen LogP contribution is -2.21. The van der Waals surface area contributed by atoms with Gasteiger partial charge in [-0.15, -0.1) is 6.58 Å². The molecular formula is C17H26O5. The van der Waals surface area contributed by atoms with Crippen LogP contribution in [0, 0.1) is 0 Å². The first-order valence-corrected chi connectivity index (χ1v) is 7.31. The smallest absolute Gasteiger partial charge is 0.147 e. The fourth-order valence-corrected chi connectivity index (χ4v) is 1.90. The number of benzene rings is 1. The predicted molar refractivity (Wildman–Crippen MR) is 84.8 cm³/mol. The largest absolute Gasteiger partial charge is 0.497 e. The van der Waals surface area contributed by atoms with Crippen molar-refractivity contribution < 1.29 is 24.1 Å². The molecule has 2 atom stereocenters. The highest BCUT2D eigenvalue weighted by atomic mass is 16.7. The molecule has 124 valence electrons. The van der Waals surface area contributed by atoms with E-state index in [1.54, 1.807) is 20.3 Å². The first-order chi connectivity index (χ1) is 10.7. The predicted octanol–water partition coefficient (Wildman–Crippen LogP) is 2.53. The summed E-state index contributed by atoms with van der Waals surface area (Å²) in [6.07, 6.45) is 2.00. The summed E-state index contributed by atoms with van der Waals surface area (Å²) in [6.45, 7) is 4.88. The van der Waals surface area contributed by atoms with Crippen molar-refractivity contribution in [2.24, 2.45) is 0 Å². The van der Waals surface area contributed by atoms with E-state index in [4.69, 9.17) is 18.9 Å². The number of aliphatic hydroxyl groups is 1. The molecule has 0 aromatic heterocycles. The van der Waals surface area contributed by atoms with Gasteiger partial charge in [0, 0.05) is 20.1 Å². The third-order valence-corrected chi connectivity index (χ3v) is 3.19. The normalized spacial score (nSPS) is 13.6. The summed E-state index contributed by atoms with van der Waals surface area (Å²) in [4.78, 5) is 0. The molecule has 5 heteroatoms. The summed E-state index contributed by atoms with van der Waals surface area (Å²) < 4.78 is 20.9. The van der Waals surface area contributed by atoms with Gasteiger partial charge in [0.15, 0.2) is 0 Å². The van der Waals surface area contributed by atoms with E-state index in [0.717, 1.165) is 11.3 Å². The minimum atomic E-state index is -0.490. The van der Waals surface area contributed by atoms with E-state index in [1.165, 1.54) is 0 Å². The van der Waals surface area contributed by atoms with Gasteiger partial charge in [0.1, 0.15) is 12.5 Å². The standard InChI is InChI=1S/C17H26O5/c1-4-16(22-13-19-2)11-15(18)9-10-21-12-14-5-7-17(20-3)8-6-14/h4-8,15-16,18H,1,9-13H2,2-3H3/t15-,16+/m0/s1. The summed E-state index contributed by atoms with van der Waals surface area (Å²) in [6, 6.07) is 7.72. The van der Waals surface area contributed by atoms with Crippen LogP contribution in [0.2, 0.25) is 0 Å². The highest BCUT2D eigenvalue weighted by Gasteiger charge is 2.12. The molecule has 1 rings (SSSR count). The van der Waals surface area contributed by atoms with Crippen LogP contribution in [-0.2, 0) is 20.8 Å². The zero-order valence-corrected chi connectivity index (χ0v) is 13.4. The molecule has 0 unspecified atom stereocenters. The molecule has 0 bridgehead atoms. The van der Waals surface area contributed by atoms with Crippen LogP contribution in [0.4, 0.5) is 0 Å². The summed E-state index contributed by atoms with van der Waals surface area (Å²) in [7, 11) is 3.20. The molecule has 0 saturated carbocycles. The maximum absolute atomic E-state index is 9.95. The van der Waals surface area contributed by atoms with Crippen molar-refractivity contribution in [1.82, 2.24) is 0 Å². The van der Waals surface area contributed by atoms with Gasteiger partial charge in [-0.1, -0.05) is 18.2 Å². The Kier molecular flexibility index (Phi) is 9.50. The van der Waals surface area contributed by atoms with Crippen LogP contribution >= 0.6 is 0 Å². The molecule has 0 saturated heterocycles. The van der Waals surface area contributed by atoms with Crippen molar-refractivity contribution in [1.29, 1.82) is 0 Å². The van der Waals surface area contributed by atoms with Crippen molar-refractivity contribution in [3.8, 4) is 5.75 Å². The first-order valence-electron chi connectivity index (χ1n) is 7.31. The van der Waals surface area contributed by atoms with Crippen molar-refractivity contribution >= 4 is 0 Å². The highest BCUT2D eigenvalue weighted by molar-refractivity contribution is 5.26. The lowest BCUT2D eigenvalue weighted by molar-refractivity contribution is -0.0691. The molecular weight excluding hydrogens is 284 g/mol. The van der Waals surface area contributed by atoms with Crippen LogP contribution in [-0.4, -0.2) is 44.9 Å². The number of rotatable bonds is 12. The summed E-state index contributed by atoms with van der Waals surface area (Å²) in [5, 5.41) is 9.95. The maximum Gasteiger partial charge on any atom is 0.147 e. The third kappa shape index (κ3) is 7.56. The van der Waals surface area contributed by atoms with E-state index in [1.807, 2.05) is 24.3 Å². The second-order valence-corrected chi connectivity index (χ2v) is 4.93. The van der Waals surface area contributed by atoms with Gasteiger partial charge >= 0.3 is 0 Å². The summed E-state index contributed by atoms with van der Waals surface area (Å²) in [5.74, 6) is 0.825. The fraction of sp³-hybridized carbons (Fsp3) is 0.529.